The molecule has 172 valence electrons. The van der Waals surface area contributed by atoms with Gasteiger partial charge in [-0.2, -0.15) is 0 Å². The molecule has 0 saturated carbocycles. The summed E-state index contributed by atoms with van der Waals surface area (Å²) < 4.78 is 0.0459. The topological polar surface area (TPSA) is 197 Å². The number of nitrogens with zero attached hydrogens (tertiary/aromatic N) is 4. The van der Waals surface area contributed by atoms with Gasteiger partial charge in [0.15, 0.2) is 10.8 Å². The molecule has 1 saturated heterocycles. The molecule has 2 aromatic rings. The summed E-state index contributed by atoms with van der Waals surface area (Å²) in [5, 5.41) is 24.6. The van der Waals surface area contributed by atoms with Gasteiger partial charge in [0.25, 0.3) is 11.8 Å². The van der Waals surface area contributed by atoms with E-state index in [0.717, 1.165) is 16.2 Å². The van der Waals surface area contributed by atoms with Gasteiger partial charge < -0.3 is 27.1 Å². The minimum absolute atomic E-state index is 0.0459. The van der Waals surface area contributed by atoms with Crippen LogP contribution in [0.25, 0.3) is 0 Å². The number of amides is 2. The third-order valence-electron chi connectivity index (χ3n) is 5.02. The van der Waals surface area contributed by atoms with Gasteiger partial charge in [0.05, 0.1) is 6.04 Å². The Hall–Kier alpha value is -3.36. The van der Waals surface area contributed by atoms with Crippen molar-refractivity contribution in [1.82, 2.24) is 20.2 Å². The molecule has 2 aromatic heterocycles. The molecule has 1 unspecified atom stereocenters. The number of oxime groups is 1. The number of fused-ring (bicyclic) bond motifs is 1. The van der Waals surface area contributed by atoms with Gasteiger partial charge >= 0.3 is 5.97 Å². The Bertz CT molecular complexity index is 1210. The maximum absolute atomic E-state index is 12.8. The first kappa shape index (κ1) is 22.8. The van der Waals surface area contributed by atoms with E-state index in [2.05, 4.69) is 20.4 Å². The molecule has 2 amide bonds. The molecule has 12 nitrogen and oxygen atoms in total. The van der Waals surface area contributed by atoms with Crippen LogP contribution in [0.5, 0.6) is 0 Å². The van der Waals surface area contributed by atoms with Gasteiger partial charge in [-0.25, -0.2) is 14.8 Å². The summed E-state index contributed by atoms with van der Waals surface area (Å²) in [5.41, 5.74) is 10.4. The zero-order valence-electron chi connectivity index (χ0n) is 16.6. The average molecular weight is 510 g/mol. The average Bonchev–Trinajstić information content (AvgIpc) is 3.11. The molecule has 4 heterocycles. The third-order valence-corrected chi connectivity index (χ3v) is 7.23. The summed E-state index contributed by atoms with van der Waals surface area (Å²) in [6.45, 7) is 0. The number of carboxylic acids is 1. The van der Waals surface area contributed by atoms with E-state index in [1.807, 2.05) is 0 Å². The zero-order chi connectivity index (χ0) is 23.9. The SMILES string of the molecule is Nc1ccc(SC2=C(C(=O)O)N3C(=O)[C@@H](NC(=O)/C(=N\O)c4nc(N)sc4Cl)C3CC2)cn1. The van der Waals surface area contributed by atoms with Crippen LogP contribution in [0.3, 0.4) is 0 Å². The van der Waals surface area contributed by atoms with Gasteiger partial charge in [0, 0.05) is 16.0 Å². The monoisotopic (exact) mass is 509 g/mol. The van der Waals surface area contributed by atoms with E-state index < -0.39 is 35.6 Å². The lowest BCUT2D eigenvalue weighted by molar-refractivity contribution is -0.155. The fourth-order valence-electron chi connectivity index (χ4n) is 3.60. The zero-order valence-corrected chi connectivity index (χ0v) is 18.9. The van der Waals surface area contributed by atoms with Crippen molar-refractivity contribution in [3.63, 3.8) is 0 Å². The number of β-lactam (4-membered cyclic amide) rings is 1. The molecule has 2 atom stereocenters. The maximum Gasteiger partial charge on any atom is 0.353 e. The molecular weight excluding hydrogens is 494 g/mol. The molecule has 33 heavy (non-hydrogen) atoms. The molecular formula is C18H16ClN7O5S2. The van der Waals surface area contributed by atoms with Crippen LogP contribution in [0.2, 0.25) is 4.34 Å². The van der Waals surface area contributed by atoms with E-state index in [4.69, 9.17) is 23.1 Å². The molecule has 0 spiro atoms. The van der Waals surface area contributed by atoms with Crippen molar-refractivity contribution in [3.8, 4) is 0 Å². The number of carbonyl (C=O) groups excluding carboxylic acids is 2. The van der Waals surface area contributed by atoms with Crippen LogP contribution in [0.1, 0.15) is 18.5 Å². The lowest BCUT2D eigenvalue weighted by Gasteiger charge is -2.50. The largest absolute Gasteiger partial charge is 0.477 e. The van der Waals surface area contributed by atoms with Crippen LogP contribution >= 0.6 is 34.7 Å². The van der Waals surface area contributed by atoms with Crippen molar-refractivity contribution < 1.29 is 24.7 Å². The highest BCUT2D eigenvalue weighted by Crippen LogP contribution is 2.43. The predicted molar refractivity (Wildman–Crippen MR) is 121 cm³/mol. The van der Waals surface area contributed by atoms with Crippen LogP contribution in [0.4, 0.5) is 10.9 Å². The van der Waals surface area contributed by atoms with Crippen LogP contribution in [-0.4, -0.2) is 60.8 Å². The van der Waals surface area contributed by atoms with Gasteiger partial charge in [0.2, 0.25) is 0 Å². The summed E-state index contributed by atoms with van der Waals surface area (Å²) in [5.74, 6) is -2.41. The number of carbonyl (C=O) groups is 3. The molecule has 15 heteroatoms. The Kier molecular flexibility index (Phi) is 6.14. The van der Waals surface area contributed by atoms with Gasteiger partial charge in [0.1, 0.15) is 27.6 Å². The second-order valence-electron chi connectivity index (χ2n) is 6.99. The Balaban J connectivity index is 1.53. The first-order valence-corrected chi connectivity index (χ1v) is 11.4. The molecule has 0 bridgehead atoms. The molecule has 2 aliphatic rings. The molecule has 7 N–H and O–H groups in total. The summed E-state index contributed by atoms with van der Waals surface area (Å²) in [6, 6.07) is 1.73. The number of hydrogen-bond donors (Lipinski definition) is 5. The number of anilines is 2. The minimum Gasteiger partial charge on any atom is -0.477 e. The number of nitrogens with two attached hydrogens (primary N) is 2. The molecule has 0 aromatic carbocycles. The fraction of sp³-hybridized carbons (Fsp3) is 0.222. The number of thioether (sulfide) groups is 1. The number of thiazole rings is 1. The number of allylic oxidation sites excluding steroid dienone is 1. The fourth-order valence-corrected chi connectivity index (χ4v) is 5.55. The number of carboxylic acid groups (broad SMARTS) is 1. The summed E-state index contributed by atoms with van der Waals surface area (Å²) in [4.78, 5) is 47.6. The third kappa shape index (κ3) is 4.19. The van der Waals surface area contributed by atoms with E-state index in [1.165, 1.54) is 18.0 Å². The van der Waals surface area contributed by atoms with E-state index in [0.29, 0.717) is 28.5 Å². The second kappa shape index (κ2) is 8.88. The predicted octanol–water partition coefficient (Wildman–Crippen LogP) is 1.11. The lowest BCUT2D eigenvalue weighted by Crippen LogP contribution is -2.72. The number of nitrogen functional groups attached to an aromatic ring is 2. The molecule has 4 rings (SSSR count). The second-order valence-corrected chi connectivity index (χ2v) is 9.79. The Morgan fingerprint density at radius 2 is 2.12 bits per heavy atom. The quantitative estimate of drug-likeness (QED) is 0.163. The van der Waals surface area contributed by atoms with Crippen molar-refractivity contribution in [3.05, 3.63) is 39.0 Å². The Labute approximate surface area is 199 Å². The van der Waals surface area contributed by atoms with Crippen LogP contribution < -0.4 is 16.8 Å². The number of rotatable bonds is 6. The lowest BCUT2D eigenvalue weighted by atomic mass is 9.86. The number of hydrogen-bond acceptors (Lipinski definition) is 11. The van der Waals surface area contributed by atoms with E-state index in [1.54, 1.807) is 12.1 Å². The van der Waals surface area contributed by atoms with Crippen LogP contribution in [0, 0.1) is 0 Å². The summed E-state index contributed by atoms with van der Waals surface area (Å²) >= 11 is 8.06. The summed E-state index contributed by atoms with van der Waals surface area (Å²) in [6.07, 6.45) is 2.30. The Morgan fingerprint density at radius 3 is 2.70 bits per heavy atom. The number of halogens is 1. The van der Waals surface area contributed by atoms with E-state index in [9.17, 15) is 24.7 Å². The van der Waals surface area contributed by atoms with Crippen molar-refractivity contribution in [2.75, 3.05) is 11.5 Å². The van der Waals surface area contributed by atoms with Gasteiger partial charge in [-0.15, -0.1) is 0 Å². The highest BCUT2D eigenvalue weighted by Gasteiger charge is 2.53. The van der Waals surface area contributed by atoms with E-state index >= 15 is 0 Å². The van der Waals surface area contributed by atoms with Crippen molar-refractivity contribution in [2.24, 2.45) is 5.16 Å². The molecule has 0 aliphatic carbocycles. The summed E-state index contributed by atoms with van der Waals surface area (Å²) in [7, 11) is 0. The maximum atomic E-state index is 12.8. The van der Waals surface area contributed by atoms with E-state index in [-0.39, 0.29) is 20.9 Å². The first-order valence-electron chi connectivity index (χ1n) is 9.35. The number of nitrogens with one attached hydrogen (secondary N) is 1. The molecule has 2 aliphatic heterocycles. The normalized spacial score (nSPS) is 20.3. The number of aliphatic carboxylic acids is 1. The van der Waals surface area contributed by atoms with Gasteiger partial charge in [-0.1, -0.05) is 39.9 Å². The molecule has 0 radical (unpaired) electrons. The van der Waals surface area contributed by atoms with Crippen LogP contribution in [-0.2, 0) is 14.4 Å². The van der Waals surface area contributed by atoms with Gasteiger partial charge in [-0.05, 0) is 25.0 Å². The number of pyridine rings is 1. The van der Waals surface area contributed by atoms with Crippen LogP contribution in [0.15, 0.2) is 39.0 Å². The van der Waals surface area contributed by atoms with Gasteiger partial charge in [-0.3, -0.25) is 14.5 Å². The standard InChI is InChI=1S/C18H16ClN7O5S2/c19-14-11(24-18(21)33-14)12(25-31)15(27)23-10-7-2-3-8(13(17(29)30)26(7)16(10)28)32-6-1-4-9(20)22-5-6/h1,4-5,7,10,31H,2-3H2,(H2,20,22)(H2,21,24)(H,23,27)(H,29,30)/b25-12-/t7?,10-/m0/s1. The highest BCUT2D eigenvalue weighted by molar-refractivity contribution is 8.03. The van der Waals surface area contributed by atoms with Crippen molar-refractivity contribution in [1.29, 1.82) is 0 Å². The highest BCUT2D eigenvalue weighted by atomic mass is 35.5. The minimum atomic E-state index is -1.26. The Morgan fingerprint density at radius 1 is 1.36 bits per heavy atom. The smallest absolute Gasteiger partial charge is 0.353 e. The van der Waals surface area contributed by atoms with Crippen molar-refractivity contribution in [2.45, 2.75) is 29.8 Å². The molecule has 1 fully saturated rings. The first-order chi connectivity index (χ1) is 15.7. The number of aromatic nitrogens is 2. The van der Waals surface area contributed by atoms with Crippen molar-refractivity contribution >= 4 is 69.1 Å².